The molecule has 2 aromatic rings. The molecule has 0 unspecified atom stereocenters. The molecule has 0 N–H and O–H groups in total. The van der Waals surface area contributed by atoms with Crippen LogP contribution in [0.2, 0.25) is 0 Å². The number of benzene rings is 2. The van der Waals surface area contributed by atoms with Crippen molar-refractivity contribution >= 4 is 11.9 Å². The number of carbonyl (C=O) groups is 2. The van der Waals surface area contributed by atoms with Gasteiger partial charge in [-0.1, -0.05) is 43.7 Å². The van der Waals surface area contributed by atoms with Gasteiger partial charge in [0.25, 0.3) is 0 Å². The first-order valence-corrected chi connectivity index (χ1v) is 8.33. The quantitative estimate of drug-likeness (QED) is 0.511. The minimum atomic E-state index is -0.570. The molecule has 2 aromatic carbocycles. The van der Waals surface area contributed by atoms with Crippen LogP contribution < -0.4 is 4.74 Å². The summed E-state index contributed by atoms with van der Waals surface area (Å²) in [4.78, 5) is 24.3. The van der Waals surface area contributed by atoms with E-state index in [1.54, 1.807) is 24.3 Å². The third-order valence-corrected chi connectivity index (χ3v) is 3.43. The highest BCUT2D eigenvalue weighted by molar-refractivity contribution is 6.03. The van der Waals surface area contributed by atoms with Crippen LogP contribution in [-0.4, -0.2) is 31.8 Å². The van der Waals surface area contributed by atoms with Crippen LogP contribution in [0.5, 0.6) is 5.75 Å². The molecule has 0 saturated carbocycles. The molecule has 0 aliphatic carbocycles. The Balaban J connectivity index is 1.87. The summed E-state index contributed by atoms with van der Waals surface area (Å²) in [6.07, 6.45) is 1.72. The van der Waals surface area contributed by atoms with Crippen LogP contribution in [-0.2, 0) is 9.47 Å². The summed E-state index contributed by atoms with van der Waals surface area (Å²) in [5.41, 5.74) is 0.413. The van der Waals surface area contributed by atoms with Gasteiger partial charge < -0.3 is 14.2 Å². The lowest BCUT2D eigenvalue weighted by atomic mass is 10.1. The van der Waals surface area contributed by atoms with E-state index in [9.17, 15) is 9.59 Å². The minimum absolute atomic E-state index is 0.0902. The first-order chi connectivity index (χ1) is 12.2. The van der Waals surface area contributed by atoms with Crippen LogP contribution in [0.3, 0.4) is 0 Å². The molecule has 0 saturated heterocycles. The Labute approximate surface area is 147 Å². The average molecular weight is 342 g/mol. The zero-order valence-electron chi connectivity index (χ0n) is 14.3. The molecular weight excluding hydrogens is 320 g/mol. The van der Waals surface area contributed by atoms with E-state index in [-0.39, 0.29) is 24.3 Å². The standard InChI is InChI=1S/C20H22O5/c1-2-3-13-24-19(21)17-11-7-8-12-18(17)20(22)25-15-14-23-16-9-5-4-6-10-16/h4-12H,2-3,13-15H2,1H3. The molecule has 0 amide bonds. The molecule has 0 aliphatic rings. The molecule has 2 rings (SSSR count). The van der Waals surface area contributed by atoms with Crippen molar-refractivity contribution in [3.05, 3.63) is 65.7 Å². The van der Waals surface area contributed by atoms with Crippen molar-refractivity contribution in [2.45, 2.75) is 19.8 Å². The van der Waals surface area contributed by atoms with Crippen molar-refractivity contribution in [2.75, 3.05) is 19.8 Å². The van der Waals surface area contributed by atoms with E-state index >= 15 is 0 Å². The summed E-state index contributed by atoms with van der Waals surface area (Å²) in [5, 5.41) is 0. The molecule has 0 heterocycles. The number of carbonyl (C=O) groups excluding carboxylic acids is 2. The summed E-state index contributed by atoms with van der Waals surface area (Å²) >= 11 is 0. The Bertz CT molecular complexity index is 681. The zero-order valence-corrected chi connectivity index (χ0v) is 14.3. The number of hydrogen-bond donors (Lipinski definition) is 0. The van der Waals surface area contributed by atoms with E-state index in [4.69, 9.17) is 14.2 Å². The number of ether oxygens (including phenoxy) is 3. The Morgan fingerprint density at radius 3 is 1.92 bits per heavy atom. The molecule has 5 nitrogen and oxygen atoms in total. The van der Waals surface area contributed by atoms with E-state index < -0.39 is 11.9 Å². The van der Waals surface area contributed by atoms with Crippen LogP contribution in [0.15, 0.2) is 54.6 Å². The molecular formula is C20H22O5. The summed E-state index contributed by atoms with van der Waals surface area (Å²) < 4.78 is 15.8. The number of unbranched alkanes of at least 4 members (excludes halogenated alkanes) is 1. The molecule has 0 radical (unpaired) electrons. The second-order valence-corrected chi connectivity index (χ2v) is 5.33. The second-order valence-electron chi connectivity index (χ2n) is 5.33. The van der Waals surface area contributed by atoms with Crippen molar-refractivity contribution in [1.29, 1.82) is 0 Å². The SMILES string of the molecule is CCCCOC(=O)c1ccccc1C(=O)OCCOc1ccccc1. The molecule has 0 spiro atoms. The fourth-order valence-electron chi connectivity index (χ4n) is 2.11. The van der Waals surface area contributed by atoms with Gasteiger partial charge in [0, 0.05) is 0 Å². The lowest BCUT2D eigenvalue weighted by Gasteiger charge is -2.10. The van der Waals surface area contributed by atoms with E-state index in [0.29, 0.717) is 12.4 Å². The predicted molar refractivity (Wildman–Crippen MR) is 93.9 cm³/mol. The Hall–Kier alpha value is -2.82. The molecule has 5 heteroatoms. The van der Waals surface area contributed by atoms with Gasteiger partial charge in [0.15, 0.2) is 0 Å². The van der Waals surface area contributed by atoms with Crippen LogP contribution in [0.4, 0.5) is 0 Å². The number of para-hydroxylation sites is 1. The minimum Gasteiger partial charge on any atom is -0.490 e. The Morgan fingerprint density at radius 1 is 0.760 bits per heavy atom. The maximum absolute atomic E-state index is 12.2. The highest BCUT2D eigenvalue weighted by atomic mass is 16.6. The van der Waals surface area contributed by atoms with Gasteiger partial charge in [0.1, 0.15) is 19.0 Å². The average Bonchev–Trinajstić information content (AvgIpc) is 2.66. The summed E-state index contributed by atoms with van der Waals surface area (Å²) in [5.74, 6) is -0.375. The zero-order chi connectivity index (χ0) is 17.9. The monoisotopic (exact) mass is 342 g/mol. The van der Waals surface area contributed by atoms with Crippen LogP contribution in [0, 0.1) is 0 Å². The number of esters is 2. The maximum atomic E-state index is 12.2. The Kier molecular flexibility index (Phi) is 7.50. The molecule has 0 aliphatic heterocycles. The van der Waals surface area contributed by atoms with Crippen molar-refractivity contribution in [3.63, 3.8) is 0 Å². The molecule has 132 valence electrons. The van der Waals surface area contributed by atoms with E-state index in [0.717, 1.165) is 12.8 Å². The number of rotatable bonds is 9. The van der Waals surface area contributed by atoms with Crippen LogP contribution >= 0.6 is 0 Å². The topological polar surface area (TPSA) is 61.8 Å². The summed E-state index contributed by atoms with van der Waals surface area (Å²) in [6.45, 7) is 2.67. The van der Waals surface area contributed by atoms with Gasteiger partial charge in [-0.2, -0.15) is 0 Å². The molecule has 0 atom stereocenters. The van der Waals surface area contributed by atoms with Gasteiger partial charge in [-0.3, -0.25) is 0 Å². The largest absolute Gasteiger partial charge is 0.490 e. The fourth-order valence-corrected chi connectivity index (χ4v) is 2.11. The van der Waals surface area contributed by atoms with Crippen LogP contribution in [0.25, 0.3) is 0 Å². The van der Waals surface area contributed by atoms with Gasteiger partial charge in [-0.25, -0.2) is 9.59 Å². The van der Waals surface area contributed by atoms with Gasteiger partial charge in [-0.05, 0) is 30.7 Å². The highest BCUT2D eigenvalue weighted by Crippen LogP contribution is 2.13. The second kappa shape index (κ2) is 10.1. The van der Waals surface area contributed by atoms with E-state index in [2.05, 4.69) is 0 Å². The summed E-state index contributed by atoms with van der Waals surface area (Å²) in [7, 11) is 0. The van der Waals surface area contributed by atoms with Crippen molar-refractivity contribution < 1.29 is 23.8 Å². The van der Waals surface area contributed by atoms with Crippen molar-refractivity contribution in [3.8, 4) is 5.75 Å². The normalized spacial score (nSPS) is 10.1. The third kappa shape index (κ3) is 5.95. The van der Waals surface area contributed by atoms with E-state index in [1.165, 1.54) is 0 Å². The molecule has 25 heavy (non-hydrogen) atoms. The first-order valence-electron chi connectivity index (χ1n) is 8.33. The smallest absolute Gasteiger partial charge is 0.339 e. The lowest BCUT2D eigenvalue weighted by molar-refractivity contribution is 0.0422. The molecule has 0 fully saturated rings. The maximum Gasteiger partial charge on any atom is 0.339 e. The molecule has 0 aromatic heterocycles. The van der Waals surface area contributed by atoms with Crippen LogP contribution in [0.1, 0.15) is 40.5 Å². The van der Waals surface area contributed by atoms with Gasteiger partial charge >= 0.3 is 11.9 Å². The predicted octanol–water partition coefficient (Wildman–Crippen LogP) is 3.88. The number of hydrogen-bond acceptors (Lipinski definition) is 5. The van der Waals surface area contributed by atoms with Crippen molar-refractivity contribution in [2.24, 2.45) is 0 Å². The van der Waals surface area contributed by atoms with Gasteiger partial charge in [0.05, 0.1) is 17.7 Å². The third-order valence-electron chi connectivity index (χ3n) is 3.43. The van der Waals surface area contributed by atoms with Gasteiger partial charge in [-0.15, -0.1) is 0 Å². The van der Waals surface area contributed by atoms with Crippen molar-refractivity contribution in [1.82, 2.24) is 0 Å². The Morgan fingerprint density at radius 2 is 1.32 bits per heavy atom. The fraction of sp³-hybridized carbons (Fsp3) is 0.300. The van der Waals surface area contributed by atoms with E-state index in [1.807, 2.05) is 37.3 Å². The summed E-state index contributed by atoms with van der Waals surface area (Å²) in [6, 6.07) is 15.7. The highest BCUT2D eigenvalue weighted by Gasteiger charge is 2.18. The van der Waals surface area contributed by atoms with Gasteiger partial charge in [0.2, 0.25) is 0 Å². The lowest BCUT2D eigenvalue weighted by Crippen LogP contribution is -2.17. The first kappa shape index (κ1) is 18.5. The molecule has 0 bridgehead atoms.